The van der Waals surface area contributed by atoms with Gasteiger partial charge in [-0.2, -0.15) is 0 Å². The molecule has 9 aliphatic carbocycles. The highest BCUT2D eigenvalue weighted by molar-refractivity contribution is 5.31. The van der Waals surface area contributed by atoms with Gasteiger partial charge in [-0.25, -0.2) is 0 Å². The normalized spacial score (nSPS) is 49.1. The number of hydrogen-bond acceptors (Lipinski definition) is 0. The topological polar surface area (TPSA) is 0 Å². The average Bonchev–Trinajstić information content (AvgIpc) is 3.88. The van der Waals surface area contributed by atoms with Gasteiger partial charge in [0.15, 0.2) is 0 Å². The maximum atomic E-state index is 2.90. The van der Waals surface area contributed by atoms with Gasteiger partial charge in [0.25, 0.3) is 0 Å². The van der Waals surface area contributed by atoms with Gasteiger partial charge >= 0.3 is 0 Å². The number of rotatable bonds is 10. The number of hydrogen-bond donors (Lipinski definition) is 0. The third-order valence-corrected chi connectivity index (χ3v) is 20.7. The summed E-state index contributed by atoms with van der Waals surface area (Å²) < 4.78 is 0. The number of fused-ring (bicyclic) bond motifs is 5. The van der Waals surface area contributed by atoms with Crippen molar-refractivity contribution >= 4 is 0 Å². The molecule has 0 heteroatoms. The Labute approximate surface area is 324 Å². The smallest absolute Gasteiger partial charge is 0.0164 e. The molecule has 0 spiro atoms. The first-order valence-electron chi connectivity index (χ1n) is 25.1. The van der Waals surface area contributed by atoms with Crippen LogP contribution >= 0.6 is 0 Å². The van der Waals surface area contributed by atoms with Crippen LogP contribution in [0.5, 0.6) is 0 Å². The molecule has 7 fully saturated rings. The molecule has 294 valence electrons. The van der Waals surface area contributed by atoms with Crippen LogP contribution in [0.3, 0.4) is 0 Å². The lowest BCUT2D eigenvalue weighted by Crippen LogP contribution is -2.54. The van der Waals surface area contributed by atoms with Gasteiger partial charge in [-0.15, -0.1) is 0 Å². The molecule has 0 aromatic heterocycles. The van der Waals surface area contributed by atoms with Gasteiger partial charge in [0.05, 0.1) is 0 Å². The summed E-state index contributed by atoms with van der Waals surface area (Å²) in [5, 5.41) is 0. The van der Waals surface area contributed by atoms with E-state index < -0.39 is 0 Å². The molecular weight excluding hydrogens is 625 g/mol. The summed E-state index contributed by atoms with van der Waals surface area (Å²) in [4.78, 5) is 0. The lowest BCUT2D eigenvalue weighted by Gasteiger charge is -2.61. The fourth-order valence-electron chi connectivity index (χ4n) is 18.2. The van der Waals surface area contributed by atoms with Crippen LogP contribution in [0, 0.1) is 112 Å². The van der Waals surface area contributed by atoms with E-state index in [9.17, 15) is 0 Å². The fraction of sp³-hybridized carbons (Fsp3) is 0.962. The molecule has 0 saturated heterocycles. The van der Waals surface area contributed by atoms with Crippen LogP contribution in [0.4, 0.5) is 0 Å². The largest absolute Gasteiger partial charge is 0.0676 e. The molecule has 0 radical (unpaired) electrons. The Morgan fingerprint density at radius 3 is 2.06 bits per heavy atom. The summed E-state index contributed by atoms with van der Waals surface area (Å²) >= 11 is 0. The monoisotopic (exact) mass is 711 g/mol. The Balaban J connectivity index is 0.949. The molecule has 52 heavy (non-hydrogen) atoms. The number of allylic oxidation sites excluding steroid dienone is 2. The van der Waals surface area contributed by atoms with Gasteiger partial charge in [-0.05, 0) is 209 Å². The lowest BCUT2D eigenvalue weighted by molar-refractivity contribution is -0.123. The van der Waals surface area contributed by atoms with Crippen LogP contribution in [0.25, 0.3) is 0 Å². The van der Waals surface area contributed by atoms with Crippen LogP contribution < -0.4 is 0 Å². The van der Waals surface area contributed by atoms with E-state index in [1.165, 1.54) is 51.4 Å². The minimum atomic E-state index is 0.901. The van der Waals surface area contributed by atoms with E-state index in [1.807, 2.05) is 11.1 Å². The standard InChI is InChI=1S/C52H86/c1-6-37-30-41(37)28-36-24-27-48-49(29-36)50(33(3)23-22-32(2)39-26-25-38-14-7-8-15-40(38)31-39)46-18-11-12-19-47(46)52(48)35(5)43-20-13-21-45-44-17-10-9-16-42(44)34(4)51(43)45/h32-41,43,45-52H,6-31H2,1-5H3. The zero-order valence-electron chi connectivity index (χ0n) is 35.4. The van der Waals surface area contributed by atoms with E-state index in [0.717, 1.165) is 112 Å². The third-order valence-electron chi connectivity index (χ3n) is 20.7. The SMILES string of the molecule is CCC1CC1CC1CCC2C(C1)C(C(C)CCC(C)C1CCC3CCCCC3C1)C1CCCCC1C2C(C)C1CCCC2C3=C(CCCC3)C(C)C21. The zero-order valence-corrected chi connectivity index (χ0v) is 35.4. The lowest BCUT2D eigenvalue weighted by atomic mass is 9.44. The van der Waals surface area contributed by atoms with Crippen molar-refractivity contribution in [1.29, 1.82) is 0 Å². The van der Waals surface area contributed by atoms with Crippen molar-refractivity contribution in [2.45, 2.75) is 202 Å². The Hall–Kier alpha value is -0.260. The van der Waals surface area contributed by atoms with Crippen molar-refractivity contribution in [2.24, 2.45) is 112 Å². The van der Waals surface area contributed by atoms with Gasteiger partial charge in [0.2, 0.25) is 0 Å². The molecule has 7 saturated carbocycles. The molecule has 19 unspecified atom stereocenters. The summed E-state index contributed by atoms with van der Waals surface area (Å²) in [5.74, 6) is 19.6. The van der Waals surface area contributed by atoms with Crippen LogP contribution in [-0.2, 0) is 0 Å². The predicted molar refractivity (Wildman–Crippen MR) is 222 cm³/mol. The summed E-state index contributed by atoms with van der Waals surface area (Å²) in [5.41, 5.74) is 4.02. The van der Waals surface area contributed by atoms with Crippen molar-refractivity contribution in [3.8, 4) is 0 Å². The van der Waals surface area contributed by atoms with Gasteiger partial charge in [0.1, 0.15) is 0 Å². The summed E-state index contributed by atoms with van der Waals surface area (Å²) in [7, 11) is 0. The molecule has 0 bridgehead atoms. The molecular formula is C52H86. The molecule has 0 aromatic carbocycles. The van der Waals surface area contributed by atoms with Gasteiger partial charge < -0.3 is 0 Å². The van der Waals surface area contributed by atoms with E-state index in [1.54, 1.807) is 116 Å². The van der Waals surface area contributed by atoms with E-state index in [-0.39, 0.29) is 0 Å². The molecule has 0 aromatic rings. The highest BCUT2D eigenvalue weighted by Crippen LogP contribution is 2.65. The molecule has 0 nitrogen and oxygen atoms in total. The molecule has 19 atom stereocenters. The van der Waals surface area contributed by atoms with Gasteiger partial charge in [-0.1, -0.05) is 116 Å². The highest BCUT2D eigenvalue weighted by Gasteiger charge is 2.57. The Morgan fingerprint density at radius 1 is 0.558 bits per heavy atom. The van der Waals surface area contributed by atoms with Gasteiger partial charge in [-0.3, -0.25) is 0 Å². The van der Waals surface area contributed by atoms with E-state index in [4.69, 9.17) is 0 Å². The molecule has 0 N–H and O–H groups in total. The second-order valence-electron chi connectivity index (χ2n) is 22.8. The van der Waals surface area contributed by atoms with Crippen LogP contribution in [-0.4, -0.2) is 0 Å². The predicted octanol–water partition coefficient (Wildman–Crippen LogP) is 15.4. The van der Waals surface area contributed by atoms with Crippen LogP contribution in [0.2, 0.25) is 0 Å². The van der Waals surface area contributed by atoms with Crippen molar-refractivity contribution < 1.29 is 0 Å². The third kappa shape index (κ3) is 7.02. The Bertz CT molecular complexity index is 1220. The minimum absolute atomic E-state index is 0.901. The second-order valence-corrected chi connectivity index (χ2v) is 22.8. The van der Waals surface area contributed by atoms with Crippen LogP contribution in [0.15, 0.2) is 11.1 Å². The van der Waals surface area contributed by atoms with E-state index in [0.29, 0.717) is 0 Å². The van der Waals surface area contributed by atoms with Crippen molar-refractivity contribution in [2.75, 3.05) is 0 Å². The molecule has 0 heterocycles. The fourth-order valence-corrected chi connectivity index (χ4v) is 18.2. The summed E-state index contributed by atoms with van der Waals surface area (Å²) in [6, 6.07) is 0. The maximum Gasteiger partial charge on any atom is -0.0164 e. The summed E-state index contributed by atoms with van der Waals surface area (Å²) in [6.45, 7) is 13.7. The summed E-state index contributed by atoms with van der Waals surface area (Å²) in [6.07, 6.45) is 40.4. The van der Waals surface area contributed by atoms with E-state index in [2.05, 4.69) is 34.6 Å². The van der Waals surface area contributed by atoms with Crippen LogP contribution in [0.1, 0.15) is 202 Å². The highest BCUT2D eigenvalue weighted by atomic mass is 14.6. The zero-order chi connectivity index (χ0) is 35.5. The molecule has 0 amide bonds. The first kappa shape index (κ1) is 37.3. The average molecular weight is 711 g/mol. The van der Waals surface area contributed by atoms with E-state index >= 15 is 0 Å². The minimum Gasteiger partial charge on any atom is -0.0676 e. The molecule has 9 aliphatic rings. The first-order chi connectivity index (χ1) is 25.4. The first-order valence-corrected chi connectivity index (χ1v) is 25.1. The van der Waals surface area contributed by atoms with Gasteiger partial charge in [0, 0.05) is 0 Å². The van der Waals surface area contributed by atoms with Crippen molar-refractivity contribution in [3.63, 3.8) is 0 Å². The second kappa shape index (κ2) is 15.9. The quantitative estimate of drug-likeness (QED) is 0.198. The molecule has 0 aliphatic heterocycles. The van der Waals surface area contributed by atoms with Crippen molar-refractivity contribution in [3.05, 3.63) is 11.1 Å². The van der Waals surface area contributed by atoms with Crippen molar-refractivity contribution in [1.82, 2.24) is 0 Å². The maximum absolute atomic E-state index is 2.90. The molecule has 9 rings (SSSR count). The Morgan fingerprint density at radius 2 is 1.27 bits per heavy atom. The Kier molecular flexibility index (Phi) is 11.4.